The molecule has 6 heteroatoms. The smallest absolute Gasteiger partial charge is 0.387 e. The molecule has 0 unspecified atom stereocenters. The van der Waals surface area contributed by atoms with Crippen molar-refractivity contribution in [3.8, 4) is 5.75 Å². The summed E-state index contributed by atoms with van der Waals surface area (Å²) in [6.07, 6.45) is 0.752. The summed E-state index contributed by atoms with van der Waals surface area (Å²) in [6.45, 7) is -0.763. The van der Waals surface area contributed by atoms with Gasteiger partial charge >= 0.3 is 12.6 Å². The minimum atomic E-state index is -2.85. The van der Waals surface area contributed by atoms with E-state index in [0.29, 0.717) is 17.5 Å². The fourth-order valence-corrected chi connectivity index (χ4v) is 1.89. The summed E-state index contributed by atoms with van der Waals surface area (Å²) < 4.78 is 33.6. The maximum atomic E-state index is 12.0. The maximum Gasteiger partial charge on any atom is 0.387 e. The molecule has 0 heterocycles. The summed E-state index contributed by atoms with van der Waals surface area (Å²) in [7, 11) is 0. The van der Waals surface area contributed by atoms with Gasteiger partial charge in [0.1, 0.15) is 5.75 Å². The first kappa shape index (κ1) is 14.9. The molecular formula is C12H13BrF2O3. The van der Waals surface area contributed by atoms with Gasteiger partial charge in [-0.15, -0.1) is 0 Å². The van der Waals surface area contributed by atoms with Crippen molar-refractivity contribution in [2.24, 2.45) is 0 Å². The summed E-state index contributed by atoms with van der Waals surface area (Å²) in [4.78, 5) is 11.2. The third kappa shape index (κ3) is 5.00. The Morgan fingerprint density at radius 1 is 1.44 bits per heavy atom. The van der Waals surface area contributed by atoms with Crippen molar-refractivity contribution in [3.63, 3.8) is 0 Å². The largest absolute Gasteiger partial charge is 0.466 e. The Kier molecular flexibility index (Phi) is 6.04. The Bertz CT molecular complexity index is 410. The SMILES string of the molecule is CCOC(=O)CCc1ccc(OC(F)F)c(Br)c1. The summed E-state index contributed by atoms with van der Waals surface area (Å²) in [6, 6.07) is 4.73. The molecule has 0 aliphatic carbocycles. The fourth-order valence-electron chi connectivity index (χ4n) is 1.37. The number of hydrogen-bond donors (Lipinski definition) is 0. The van der Waals surface area contributed by atoms with Gasteiger partial charge < -0.3 is 9.47 Å². The Balaban J connectivity index is 2.58. The molecule has 1 aromatic rings. The van der Waals surface area contributed by atoms with E-state index in [-0.39, 0.29) is 18.1 Å². The Morgan fingerprint density at radius 3 is 2.72 bits per heavy atom. The quantitative estimate of drug-likeness (QED) is 0.751. The Hall–Kier alpha value is -1.17. The topological polar surface area (TPSA) is 35.5 Å². The van der Waals surface area contributed by atoms with Gasteiger partial charge in [0, 0.05) is 6.42 Å². The molecule has 0 aromatic heterocycles. The van der Waals surface area contributed by atoms with E-state index in [0.717, 1.165) is 5.56 Å². The molecule has 0 bridgehead atoms. The van der Waals surface area contributed by atoms with E-state index in [4.69, 9.17) is 4.74 Å². The van der Waals surface area contributed by atoms with Gasteiger partial charge in [0.2, 0.25) is 0 Å². The highest BCUT2D eigenvalue weighted by atomic mass is 79.9. The van der Waals surface area contributed by atoms with Crippen LogP contribution in [0.3, 0.4) is 0 Å². The lowest BCUT2D eigenvalue weighted by molar-refractivity contribution is -0.143. The molecule has 100 valence electrons. The van der Waals surface area contributed by atoms with E-state index in [9.17, 15) is 13.6 Å². The number of halogens is 3. The molecule has 0 N–H and O–H groups in total. The van der Waals surface area contributed by atoms with Crippen molar-refractivity contribution >= 4 is 21.9 Å². The molecule has 0 fully saturated rings. The van der Waals surface area contributed by atoms with Gasteiger partial charge in [-0.25, -0.2) is 0 Å². The summed E-state index contributed by atoms with van der Waals surface area (Å²) in [5.74, 6) is -0.202. The predicted octanol–water partition coefficient (Wildman–Crippen LogP) is 3.55. The first-order valence-electron chi connectivity index (χ1n) is 5.41. The van der Waals surface area contributed by atoms with Gasteiger partial charge in [-0.2, -0.15) is 8.78 Å². The van der Waals surface area contributed by atoms with Crippen LogP contribution in [0.2, 0.25) is 0 Å². The van der Waals surface area contributed by atoms with Crippen molar-refractivity contribution in [3.05, 3.63) is 28.2 Å². The second-order valence-corrected chi connectivity index (χ2v) is 4.30. The van der Waals surface area contributed by atoms with Crippen LogP contribution in [0, 0.1) is 0 Å². The maximum absolute atomic E-state index is 12.0. The molecule has 0 aliphatic heterocycles. The van der Waals surface area contributed by atoms with Crippen molar-refractivity contribution < 1.29 is 23.0 Å². The number of aryl methyl sites for hydroxylation is 1. The van der Waals surface area contributed by atoms with Gasteiger partial charge in [-0.05, 0) is 47.0 Å². The van der Waals surface area contributed by atoms with Crippen LogP contribution in [0.5, 0.6) is 5.75 Å². The lowest BCUT2D eigenvalue weighted by Gasteiger charge is -2.08. The third-order valence-corrected chi connectivity index (χ3v) is 2.76. The van der Waals surface area contributed by atoms with Crippen LogP contribution in [0.1, 0.15) is 18.9 Å². The van der Waals surface area contributed by atoms with E-state index in [1.54, 1.807) is 19.1 Å². The minimum absolute atomic E-state index is 0.0740. The van der Waals surface area contributed by atoms with Crippen LogP contribution in [0.15, 0.2) is 22.7 Å². The van der Waals surface area contributed by atoms with Gasteiger partial charge in [-0.3, -0.25) is 4.79 Å². The first-order chi connectivity index (χ1) is 8.52. The zero-order chi connectivity index (χ0) is 13.5. The molecule has 0 saturated carbocycles. The highest BCUT2D eigenvalue weighted by Gasteiger charge is 2.09. The molecule has 0 saturated heterocycles. The van der Waals surface area contributed by atoms with Crippen LogP contribution < -0.4 is 4.74 Å². The normalized spacial score (nSPS) is 10.5. The zero-order valence-electron chi connectivity index (χ0n) is 9.79. The molecule has 1 aromatic carbocycles. The molecule has 0 spiro atoms. The number of alkyl halides is 2. The van der Waals surface area contributed by atoms with Crippen molar-refractivity contribution in [1.29, 1.82) is 0 Å². The first-order valence-corrected chi connectivity index (χ1v) is 6.21. The minimum Gasteiger partial charge on any atom is -0.466 e. The molecule has 3 nitrogen and oxygen atoms in total. The van der Waals surface area contributed by atoms with Gasteiger partial charge in [-0.1, -0.05) is 6.07 Å². The third-order valence-electron chi connectivity index (χ3n) is 2.14. The number of hydrogen-bond acceptors (Lipinski definition) is 3. The van der Waals surface area contributed by atoms with E-state index in [2.05, 4.69) is 20.7 Å². The van der Waals surface area contributed by atoms with E-state index in [1.165, 1.54) is 6.07 Å². The van der Waals surface area contributed by atoms with Gasteiger partial charge in [0.05, 0.1) is 11.1 Å². The number of ether oxygens (including phenoxy) is 2. The number of carbonyl (C=O) groups is 1. The Morgan fingerprint density at radius 2 is 2.17 bits per heavy atom. The molecule has 0 radical (unpaired) electrons. The fraction of sp³-hybridized carbons (Fsp3) is 0.417. The second kappa shape index (κ2) is 7.31. The predicted molar refractivity (Wildman–Crippen MR) is 65.7 cm³/mol. The lowest BCUT2D eigenvalue weighted by Crippen LogP contribution is -2.05. The van der Waals surface area contributed by atoms with Crippen molar-refractivity contribution in [1.82, 2.24) is 0 Å². The molecule has 0 amide bonds. The summed E-state index contributed by atoms with van der Waals surface area (Å²) in [5, 5.41) is 0. The van der Waals surface area contributed by atoms with E-state index < -0.39 is 6.61 Å². The van der Waals surface area contributed by atoms with E-state index >= 15 is 0 Å². The van der Waals surface area contributed by atoms with Crippen molar-refractivity contribution in [2.75, 3.05) is 6.61 Å². The molecule has 18 heavy (non-hydrogen) atoms. The number of benzene rings is 1. The van der Waals surface area contributed by atoms with Crippen LogP contribution in [0.4, 0.5) is 8.78 Å². The van der Waals surface area contributed by atoms with Crippen LogP contribution >= 0.6 is 15.9 Å². The lowest BCUT2D eigenvalue weighted by atomic mass is 10.1. The monoisotopic (exact) mass is 322 g/mol. The van der Waals surface area contributed by atoms with Crippen LogP contribution in [-0.2, 0) is 16.0 Å². The molecule has 0 atom stereocenters. The van der Waals surface area contributed by atoms with Gasteiger partial charge in [0.15, 0.2) is 0 Å². The number of carbonyl (C=O) groups excluding carboxylic acids is 1. The van der Waals surface area contributed by atoms with Crippen LogP contribution in [-0.4, -0.2) is 19.2 Å². The highest BCUT2D eigenvalue weighted by Crippen LogP contribution is 2.27. The summed E-state index contributed by atoms with van der Waals surface area (Å²) >= 11 is 3.14. The van der Waals surface area contributed by atoms with E-state index in [1.807, 2.05) is 0 Å². The standard InChI is InChI=1S/C12H13BrF2O3/c1-2-17-11(16)6-4-8-3-5-10(9(13)7-8)18-12(14)15/h3,5,7,12H,2,4,6H2,1H3. The average Bonchev–Trinajstić information content (AvgIpc) is 2.29. The second-order valence-electron chi connectivity index (χ2n) is 3.45. The van der Waals surface area contributed by atoms with Gasteiger partial charge in [0.25, 0.3) is 0 Å². The number of rotatable bonds is 6. The van der Waals surface area contributed by atoms with Crippen molar-refractivity contribution in [2.45, 2.75) is 26.4 Å². The highest BCUT2D eigenvalue weighted by molar-refractivity contribution is 9.10. The number of esters is 1. The average molecular weight is 323 g/mol. The molecule has 0 aliphatic rings. The Labute approximate surface area is 112 Å². The van der Waals surface area contributed by atoms with Crippen LogP contribution in [0.25, 0.3) is 0 Å². The molecule has 1 rings (SSSR count). The summed E-state index contributed by atoms with van der Waals surface area (Å²) in [5.41, 5.74) is 0.844. The molecular weight excluding hydrogens is 310 g/mol. The zero-order valence-corrected chi connectivity index (χ0v) is 11.4.